The summed E-state index contributed by atoms with van der Waals surface area (Å²) >= 11 is 0. The normalized spacial score (nSPS) is 18.6. The van der Waals surface area contributed by atoms with Gasteiger partial charge in [0.05, 0.1) is 6.61 Å². The average Bonchev–Trinajstić information content (AvgIpc) is 3.42. The van der Waals surface area contributed by atoms with E-state index in [0.717, 1.165) is 148 Å². The fourth-order valence-electron chi connectivity index (χ4n) is 8.80. The molecular weight excluding hydrogens is 973 g/mol. The average molecular weight is 1080 g/mol. The van der Waals surface area contributed by atoms with E-state index in [9.17, 15) is 34.5 Å². The third-order valence-corrected chi connectivity index (χ3v) is 13.4. The largest absolute Gasteiger partial charge is 0.479 e. The van der Waals surface area contributed by atoms with Crippen LogP contribution in [0, 0.1) is 0 Å². The number of carbonyl (C=O) groups excluding carboxylic acids is 3. The van der Waals surface area contributed by atoms with Gasteiger partial charge in [-0.2, -0.15) is 0 Å². The predicted molar refractivity (Wildman–Crippen MR) is 312 cm³/mol. The number of hydrogen-bond acceptors (Lipinski definition) is 11. The maximum Gasteiger partial charge on any atom is 0.335 e. The number of aliphatic hydroxyl groups excluding tert-OH is 2. The zero-order valence-corrected chi connectivity index (χ0v) is 48.4. The van der Waals surface area contributed by atoms with Crippen molar-refractivity contribution in [3.63, 3.8) is 0 Å². The molecule has 0 radical (unpaired) electrons. The second-order valence-electron chi connectivity index (χ2n) is 20.6. The highest BCUT2D eigenvalue weighted by Gasteiger charge is 2.50. The molecule has 0 saturated carbocycles. The fourth-order valence-corrected chi connectivity index (χ4v) is 8.80. The van der Waals surface area contributed by atoms with E-state index in [4.69, 9.17) is 23.7 Å². The molecule has 0 aromatic heterocycles. The molecule has 6 atom stereocenters. The van der Waals surface area contributed by atoms with Crippen molar-refractivity contribution in [3.05, 3.63) is 85.1 Å². The molecule has 12 nitrogen and oxygen atoms in total. The molecule has 1 aliphatic heterocycles. The van der Waals surface area contributed by atoms with Crippen LogP contribution in [-0.4, -0.2) is 89.2 Å². The molecule has 1 aliphatic rings. The van der Waals surface area contributed by atoms with Crippen LogP contribution in [0.1, 0.15) is 252 Å². The maximum absolute atomic E-state index is 13.2. The molecule has 12 heteroatoms. The number of carbonyl (C=O) groups is 4. The first-order chi connectivity index (χ1) is 37.6. The van der Waals surface area contributed by atoms with Crippen LogP contribution in [0.15, 0.2) is 85.1 Å². The standard InChI is InChI=1S/C65H108O12/c1-4-7-10-13-16-19-22-25-28-29-32-33-36-39-42-45-48-51-57(66)73-54-56(75-58(67)52-49-46-43-40-37-34-30-26-23-20-17-14-11-8-5-2)55-74-65-63(61(70)60(69)62(77-65)64(71)72)76-59(68)53-50-47-44-41-38-35-31-27-24-21-18-15-12-9-6-3/h7,9-10,12,16,18-19,21,25-28,30-31,56,60-63,65,69-70H,4-6,8,11,13-15,17,20,22-24,29,32-55H2,1-3H3,(H,71,72)/b10-7-,12-9-,19-16-,21-18-,28-25-,30-26-,31-27-. The number of allylic oxidation sites excluding steroid dienone is 14. The van der Waals surface area contributed by atoms with Crippen LogP contribution in [0.5, 0.6) is 0 Å². The molecule has 0 spiro atoms. The van der Waals surface area contributed by atoms with Crippen molar-refractivity contribution in [1.29, 1.82) is 0 Å². The van der Waals surface area contributed by atoms with Crippen molar-refractivity contribution in [2.75, 3.05) is 13.2 Å². The Hall–Kier alpha value is -4.10. The zero-order valence-electron chi connectivity index (χ0n) is 48.4. The molecule has 1 fully saturated rings. The van der Waals surface area contributed by atoms with Crippen LogP contribution in [0.2, 0.25) is 0 Å². The van der Waals surface area contributed by atoms with Gasteiger partial charge in [-0.25, -0.2) is 4.79 Å². The van der Waals surface area contributed by atoms with Crippen molar-refractivity contribution >= 4 is 23.9 Å². The Morgan fingerprint density at radius 2 is 0.818 bits per heavy atom. The highest BCUT2D eigenvalue weighted by Crippen LogP contribution is 2.26. The van der Waals surface area contributed by atoms with E-state index in [0.29, 0.717) is 19.3 Å². The number of unbranched alkanes of at least 4 members (excludes halogenated alkanes) is 23. The van der Waals surface area contributed by atoms with Gasteiger partial charge in [-0.15, -0.1) is 0 Å². The number of carboxylic acid groups (broad SMARTS) is 1. The van der Waals surface area contributed by atoms with Gasteiger partial charge in [0.1, 0.15) is 18.8 Å². The minimum absolute atomic E-state index is 0.0366. The van der Waals surface area contributed by atoms with Crippen LogP contribution in [0.25, 0.3) is 0 Å². The van der Waals surface area contributed by atoms with Gasteiger partial charge >= 0.3 is 23.9 Å². The highest BCUT2D eigenvalue weighted by molar-refractivity contribution is 5.74. The lowest BCUT2D eigenvalue weighted by atomic mass is 9.98. The van der Waals surface area contributed by atoms with Gasteiger partial charge in [0.15, 0.2) is 24.6 Å². The first-order valence-electron chi connectivity index (χ1n) is 30.6. The lowest BCUT2D eigenvalue weighted by Gasteiger charge is -2.40. The molecule has 6 unspecified atom stereocenters. The van der Waals surface area contributed by atoms with Gasteiger partial charge in [0, 0.05) is 19.3 Å². The van der Waals surface area contributed by atoms with Crippen molar-refractivity contribution in [2.45, 2.75) is 289 Å². The molecule has 1 saturated heterocycles. The SMILES string of the molecule is CC/C=C\C/C=C\C/C=C\CCCCCCCCCC(=O)OCC(COC1OC(C(=O)O)C(O)C(O)C1OC(=O)CCCCCCC/C=C\C/C=C\C/C=C\CC)OC(=O)CCCCCCC/C=C\CCCCCCCC. The second kappa shape index (κ2) is 52.6. The third kappa shape index (κ3) is 42.5. The highest BCUT2D eigenvalue weighted by atomic mass is 16.7. The summed E-state index contributed by atoms with van der Waals surface area (Å²) < 4.78 is 28.4. The van der Waals surface area contributed by atoms with Crippen LogP contribution in [-0.2, 0) is 42.9 Å². The first-order valence-corrected chi connectivity index (χ1v) is 30.6. The van der Waals surface area contributed by atoms with Gasteiger partial charge in [-0.3, -0.25) is 14.4 Å². The van der Waals surface area contributed by atoms with E-state index >= 15 is 0 Å². The van der Waals surface area contributed by atoms with E-state index in [1.54, 1.807) is 0 Å². The zero-order chi connectivity index (χ0) is 56.1. The third-order valence-electron chi connectivity index (χ3n) is 13.4. The minimum atomic E-state index is -1.91. The number of aliphatic carboxylic acids is 1. The molecular formula is C65H108O12. The molecule has 0 aromatic rings. The van der Waals surface area contributed by atoms with Gasteiger partial charge in [0.25, 0.3) is 0 Å². The van der Waals surface area contributed by atoms with Crippen LogP contribution in [0.4, 0.5) is 0 Å². The van der Waals surface area contributed by atoms with Crippen molar-refractivity contribution in [3.8, 4) is 0 Å². The Morgan fingerprint density at radius 1 is 0.442 bits per heavy atom. The monoisotopic (exact) mass is 1080 g/mol. The number of ether oxygens (including phenoxy) is 5. The summed E-state index contributed by atoms with van der Waals surface area (Å²) in [6.07, 6.45) is 55.4. The Labute approximate surface area is 467 Å². The first kappa shape index (κ1) is 70.9. The summed E-state index contributed by atoms with van der Waals surface area (Å²) in [6.45, 7) is 5.75. The molecule has 440 valence electrons. The Morgan fingerprint density at radius 3 is 1.26 bits per heavy atom. The van der Waals surface area contributed by atoms with E-state index in [-0.39, 0.29) is 25.9 Å². The Bertz CT molecular complexity index is 1660. The van der Waals surface area contributed by atoms with Crippen molar-refractivity contribution < 1.29 is 58.2 Å². The van der Waals surface area contributed by atoms with E-state index < -0.39 is 67.3 Å². The molecule has 1 rings (SSSR count). The minimum Gasteiger partial charge on any atom is -0.479 e. The summed E-state index contributed by atoms with van der Waals surface area (Å²) in [7, 11) is 0. The Balaban J connectivity index is 2.70. The van der Waals surface area contributed by atoms with Crippen molar-refractivity contribution in [1.82, 2.24) is 0 Å². The summed E-state index contributed by atoms with van der Waals surface area (Å²) in [5, 5.41) is 31.5. The van der Waals surface area contributed by atoms with Crippen LogP contribution < -0.4 is 0 Å². The van der Waals surface area contributed by atoms with E-state index in [2.05, 4.69) is 106 Å². The predicted octanol–water partition coefficient (Wildman–Crippen LogP) is 15.9. The van der Waals surface area contributed by atoms with E-state index in [1.807, 2.05) is 0 Å². The molecule has 3 N–H and O–H groups in total. The smallest absolute Gasteiger partial charge is 0.335 e. The Kier molecular flexibility index (Phi) is 48.4. The molecule has 77 heavy (non-hydrogen) atoms. The second-order valence-corrected chi connectivity index (χ2v) is 20.6. The van der Waals surface area contributed by atoms with Gasteiger partial charge in [0.2, 0.25) is 0 Å². The number of rotatable bonds is 51. The number of esters is 3. The molecule has 0 aliphatic carbocycles. The lowest BCUT2D eigenvalue weighted by molar-refractivity contribution is -0.301. The number of carboxylic acids is 1. The van der Waals surface area contributed by atoms with Crippen molar-refractivity contribution in [2.24, 2.45) is 0 Å². The quantitative estimate of drug-likeness (QED) is 0.0228. The van der Waals surface area contributed by atoms with Crippen LogP contribution >= 0.6 is 0 Å². The summed E-state index contributed by atoms with van der Waals surface area (Å²) in [5.41, 5.74) is 0. The topological polar surface area (TPSA) is 175 Å². The summed E-state index contributed by atoms with van der Waals surface area (Å²) in [5.74, 6) is -3.16. The molecule has 1 heterocycles. The molecule has 0 amide bonds. The summed E-state index contributed by atoms with van der Waals surface area (Å²) in [6, 6.07) is 0. The maximum atomic E-state index is 13.2. The van der Waals surface area contributed by atoms with Gasteiger partial charge < -0.3 is 39.0 Å². The van der Waals surface area contributed by atoms with Gasteiger partial charge in [-0.1, -0.05) is 209 Å². The van der Waals surface area contributed by atoms with Gasteiger partial charge in [-0.05, 0) is 109 Å². The molecule has 0 aromatic carbocycles. The molecule has 0 bridgehead atoms. The fraction of sp³-hybridized carbons (Fsp3) is 0.723. The van der Waals surface area contributed by atoms with E-state index in [1.165, 1.54) is 44.9 Å². The summed E-state index contributed by atoms with van der Waals surface area (Å²) in [4.78, 5) is 51.2. The number of hydrogen-bond donors (Lipinski definition) is 3. The lowest BCUT2D eigenvalue weighted by Crippen LogP contribution is -2.61. The number of aliphatic hydroxyl groups is 2. The van der Waals surface area contributed by atoms with Crippen LogP contribution in [0.3, 0.4) is 0 Å².